The molecule has 108 valence electrons. The van der Waals surface area contributed by atoms with Crippen molar-refractivity contribution >= 4 is 27.8 Å². The first-order valence-electron chi connectivity index (χ1n) is 6.43. The zero-order chi connectivity index (χ0) is 14.7. The number of piperidine rings is 1. The second kappa shape index (κ2) is 6.35. The van der Waals surface area contributed by atoms with E-state index >= 15 is 0 Å². The molecule has 1 N–H and O–H groups in total. The number of aliphatic carboxylic acids is 1. The standard InChI is InChI=1S/C14H15BrFNO3/c15-10-3-4-12(16)11(7-10)14(20)17-5-1-2-9(8-17)6-13(18)19/h3-4,7,9H,1-2,5-6,8H2,(H,18,19). The van der Waals surface area contributed by atoms with Gasteiger partial charge in [-0.05, 0) is 37.0 Å². The van der Waals surface area contributed by atoms with Crippen LogP contribution in [0.25, 0.3) is 0 Å². The van der Waals surface area contributed by atoms with Crippen molar-refractivity contribution < 1.29 is 19.1 Å². The van der Waals surface area contributed by atoms with Crippen molar-refractivity contribution in [2.45, 2.75) is 19.3 Å². The van der Waals surface area contributed by atoms with E-state index in [4.69, 9.17) is 5.11 Å². The summed E-state index contributed by atoms with van der Waals surface area (Å²) in [4.78, 5) is 24.6. The molecule has 20 heavy (non-hydrogen) atoms. The van der Waals surface area contributed by atoms with E-state index in [-0.39, 0.29) is 23.8 Å². The average molecular weight is 344 g/mol. The first-order valence-corrected chi connectivity index (χ1v) is 7.23. The van der Waals surface area contributed by atoms with E-state index in [9.17, 15) is 14.0 Å². The third-order valence-electron chi connectivity index (χ3n) is 3.43. The Morgan fingerprint density at radius 2 is 2.20 bits per heavy atom. The van der Waals surface area contributed by atoms with Gasteiger partial charge in [0, 0.05) is 24.0 Å². The molecule has 1 atom stereocenters. The van der Waals surface area contributed by atoms with Gasteiger partial charge in [-0.1, -0.05) is 15.9 Å². The molecule has 0 saturated carbocycles. The first kappa shape index (κ1) is 15.0. The van der Waals surface area contributed by atoms with Crippen LogP contribution in [0.5, 0.6) is 0 Å². The number of carbonyl (C=O) groups is 2. The largest absolute Gasteiger partial charge is 0.481 e. The van der Waals surface area contributed by atoms with Crippen molar-refractivity contribution in [3.8, 4) is 0 Å². The van der Waals surface area contributed by atoms with Gasteiger partial charge < -0.3 is 10.0 Å². The van der Waals surface area contributed by atoms with Crippen LogP contribution in [0, 0.1) is 11.7 Å². The highest BCUT2D eigenvalue weighted by molar-refractivity contribution is 9.10. The third kappa shape index (κ3) is 3.56. The number of carbonyl (C=O) groups excluding carboxylic acids is 1. The Balaban J connectivity index is 2.12. The van der Waals surface area contributed by atoms with Gasteiger partial charge in [0.25, 0.3) is 5.91 Å². The quantitative estimate of drug-likeness (QED) is 0.917. The lowest BCUT2D eigenvalue weighted by Gasteiger charge is -2.32. The number of halogens is 2. The minimum Gasteiger partial charge on any atom is -0.481 e. The molecule has 1 unspecified atom stereocenters. The molecular weight excluding hydrogens is 329 g/mol. The van der Waals surface area contributed by atoms with Crippen LogP contribution >= 0.6 is 15.9 Å². The highest BCUT2D eigenvalue weighted by Gasteiger charge is 2.27. The Kier molecular flexibility index (Phi) is 4.75. The van der Waals surface area contributed by atoms with Gasteiger partial charge in [-0.15, -0.1) is 0 Å². The molecule has 4 nitrogen and oxygen atoms in total. The maximum Gasteiger partial charge on any atom is 0.303 e. The van der Waals surface area contributed by atoms with Crippen molar-refractivity contribution in [1.82, 2.24) is 4.90 Å². The number of rotatable bonds is 3. The SMILES string of the molecule is O=C(O)CC1CCCN(C(=O)c2cc(Br)ccc2F)C1. The number of nitrogens with zero attached hydrogens (tertiary/aromatic N) is 1. The first-order chi connectivity index (χ1) is 9.47. The van der Waals surface area contributed by atoms with Crippen molar-refractivity contribution in [3.05, 3.63) is 34.1 Å². The maximum absolute atomic E-state index is 13.7. The number of carboxylic acids is 1. The van der Waals surface area contributed by atoms with E-state index in [2.05, 4.69) is 15.9 Å². The van der Waals surface area contributed by atoms with Gasteiger partial charge in [-0.25, -0.2) is 4.39 Å². The Hall–Kier alpha value is -1.43. The smallest absolute Gasteiger partial charge is 0.303 e. The molecule has 1 aromatic rings. The second-order valence-electron chi connectivity index (χ2n) is 4.98. The van der Waals surface area contributed by atoms with Crippen molar-refractivity contribution in [2.75, 3.05) is 13.1 Å². The van der Waals surface area contributed by atoms with Crippen molar-refractivity contribution in [3.63, 3.8) is 0 Å². The van der Waals surface area contributed by atoms with Crippen LogP contribution in [0.15, 0.2) is 22.7 Å². The van der Waals surface area contributed by atoms with Crippen LogP contribution < -0.4 is 0 Å². The second-order valence-corrected chi connectivity index (χ2v) is 5.90. The van der Waals surface area contributed by atoms with Gasteiger partial charge in [-0.2, -0.15) is 0 Å². The zero-order valence-corrected chi connectivity index (χ0v) is 12.4. The van der Waals surface area contributed by atoms with E-state index in [1.54, 1.807) is 4.90 Å². The molecule has 1 heterocycles. The van der Waals surface area contributed by atoms with Crippen LogP contribution in [-0.4, -0.2) is 35.0 Å². The molecule has 1 fully saturated rings. The summed E-state index contributed by atoms with van der Waals surface area (Å²) in [6, 6.07) is 4.24. The molecular formula is C14H15BrFNO3. The fraction of sp³-hybridized carbons (Fsp3) is 0.429. The number of amides is 1. The van der Waals surface area contributed by atoms with Gasteiger partial charge in [0.15, 0.2) is 0 Å². The molecule has 2 rings (SSSR count). The number of benzene rings is 1. The summed E-state index contributed by atoms with van der Waals surface area (Å²) in [5, 5.41) is 8.82. The Labute approximate surface area is 124 Å². The normalized spacial score (nSPS) is 18.9. The fourth-order valence-electron chi connectivity index (χ4n) is 2.49. The van der Waals surface area contributed by atoms with Crippen LogP contribution in [0.4, 0.5) is 4.39 Å². The van der Waals surface area contributed by atoms with Crippen molar-refractivity contribution in [2.24, 2.45) is 5.92 Å². The monoisotopic (exact) mass is 343 g/mol. The zero-order valence-electron chi connectivity index (χ0n) is 10.8. The van der Waals surface area contributed by atoms with Gasteiger partial charge in [0.05, 0.1) is 5.56 Å². The van der Waals surface area contributed by atoms with Crippen molar-refractivity contribution in [1.29, 1.82) is 0 Å². The lowest BCUT2D eigenvalue weighted by atomic mass is 9.94. The fourth-order valence-corrected chi connectivity index (χ4v) is 2.86. The minimum atomic E-state index is -0.863. The number of carboxylic acid groups (broad SMARTS) is 1. The topological polar surface area (TPSA) is 57.6 Å². The number of hydrogen-bond acceptors (Lipinski definition) is 2. The van der Waals surface area contributed by atoms with E-state index < -0.39 is 11.8 Å². The molecule has 1 aromatic carbocycles. The van der Waals surface area contributed by atoms with Gasteiger partial charge in [-0.3, -0.25) is 9.59 Å². The summed E-state index contributed by atoms with van der Waals surface area (Å²) in [5.41, 5.74) is 0.0235. The van der Waals surface area contributed by atoms with E-state index in [0.29, 0.717) is 17.6 Å². The summed E-state index contributed by atoms with van der Waals surface area (Å²) in [7, 11) is 0. The van der Waals surface area contributed by atoms with Crippen LogP contribution in [0.3, 0.4) is 0 Å². The highest BCUT2D eigenvalue weighted by atomic mass is 79.9. The molecule has 0 radical (unpaired) electrons. The number of likely N-dealkylation sites (tertiary alicyclic amines) is 1. The Bertz CT molecular complexity index is 535. The molecule has 1 amide bonds. The van der Waals surface area contributed by atoms with E-state index in [1.807, 2.05) is 0 Å². The summed E-state index contributed by atoms with van der Waals surface area (Å²) < 4.78 is 14.4. The molecule has 6 heteroatoms. The maximum atomic E-state index is 13.7. The van der Waals surface area contributed by atoms with Crippen LogP contribution in [0.1, 0.15) is 29.6 Å². The summed E-state index contributed by atoms with van der Waals surface area (Å²) in [6.07, 6.45) is 1.58. The highest BCUT2D eigenvalue weighted by Crippen LogP contribution is 2.23. The molecule has 0 aromatic heterocycles. The van der Waals surface area contributed by atoms with Gasteiger partial charge >= 0.3 is 5.97 Å². The molecule has 1 saturated heterocycles. The van der Waals surface area contributed by atoms with Gasteiger partial charge in [0.2, 0.25) is 0 Å². The Morgan fingerprint density at radius 3 is 2.90 bits per heavy atom. The predicted molar refractivity (Wildman–Crippen MR) is 75.0 cm³/mol. The molecule has 0 bridgehead atoms. The molecule has 1 aliphatic rings. The van der Waals surface area contributed by atoms with Crippen LogP contribution in [0.2, 0.25) is 0 Å². The molecule has 0 aliphatic carbocycles. The lowest BCUT2D eigenvalue weighted by molar-refractivity contribution is -0.138. The summed E-state index contributed by atoms with van der Waals surface area (Å²) in [6.45, 7) is 0.915. The molecule has 0 spiro atoms. The number of hydrogen-bond donors (Lipinski definition) is 1. The van der Waals surface area contributed by atoms with Crippen LogP contribution in [-0.2, 0) is 4.79 Å². The predicted octanol–water partition coefficient (Wildman–Crippen LogP) is 2.92. The average Bonchev–Trinajstić information content (AvgIpc) is 2.40. The minimum absolute atomic E-state index is 0.0235. The Morgan fingerprint density at radius 1 is 1.45 bits per heavy atom. The van der Waals surface area contributed by atoms with E-state index in [1.165, 1.54) is 18.2 Å². The van der Waals surface area contributed by atoms with Gasteiger partial charge in [0.1, 0.15) is 5.82 Å². The van der Waals surface area contributed by atoms with E-state index in [0.717, 1.165) is 12.8 Å². The summed E-state index contributed by atoms with van der Waals surface area (Å²) >= 11 is 3.22. The lowest BCUT2D eigenvalue weighted by Crippen LogP contribution is -2.40. The third-order valence-corrected chi connectivity index (χ3v) is 3.92. The molecule has 1 aliphatic heterocycles. The summed E-state index contributed by atoms with van der Waals surface area (Å²) in [5.74, 6) is -1.85.